The van der Waals surface area contributed by atoms with Gasteiger partial charge >= 0.3 is 0 Å². The van der Waals surface area contributed by atoms with Gasteiger partial charge in [0.2, 0.25) is 0 Å². The summed E-state index contributed by atoms with van der Waals surface area (Å²) >= 11 is 0. The molecule has 2 atom stereocenters. The highest BCUT2D eigenvalue weighted by atomic mass is 16.3. The van der Waals surface area contributed by atoms with E-state index in [9.17, 15) is 5.11 Å². The van der Waals surface area contributed by atoms with E-state index in [1.54, 1.807) is 0 Å². The van der Waals surface area contributed by atoms with Crippen molar-refractivity contribution in [2.24, 2.45) is 11.8 Å². The Morgan fingerprint density at radius 1 is 0.692 bits per heavy atom. The Morgan fingerprint density at radius 3 is 2.00 bits per heavy atom. The van der Waals surface area contributed by atoms with E-state index in [1.165, 1.54) is 51.4 Å². The van der Waals surface area contributed by atoms with Crippen molar-refractivity contribution < 1.29 is 5.11 Å². The molecule has 0 radical (unpaired) electrons. The van der Waals surface area contributed by atoms with Gasteiger partial charge in [0.05, 0.1) is 6.10 Å². The minimum atomic E-state index is 0.0387. The predicted octanol–water partition coefficient (Wildman–Crippen LogP) is 3.12. The van der Waals surface area contributed by atoms with Crippen molar-refractivity contribution in [1.29, 1.82) is 0 Å². The minimum Gasteiger partial charge on any atom is -0.393 e. The molecule has 0 aromatic rings. The summed E-state index contributed by atoms with van der Waals surface area (Å²) in [5, 5.41) is 9.92. The zero-order valence-electron chi connectivity index (χ0n) is 8.54. The van der Waals surface area contributed by atoms with Crippen molar-refractivity contribution >= 4 is 0 Å². The van der Waals surface area contributed by atoms with E-state index >= 15 is 0 Å². The molecule has 0 aliphatic heterocycles. The lowest BCUT2D eigenvalue weighted by atomic mass is 9.72. The maximum atomic E-state index is 9.92. The third-order valence-electron chi connectivity index (χ3n) is 4.04. The van der Waals surface area contributed by atoms with Gasteiger partial charge in [0.15, 0.2) is 0 Å². The summed E-state index contributed by atoms with van der Waals surface area (Å²) in [6.45, 7) is 0. The Labute approximate surface area is 81.5 Å². The van der Waals surface area contributed by atoms with E-state index in [2.05, 4.69) is 0 Å². The van der Waals surface area contributed by atoms with Crippen LogP contribution in [0.4, 0.5) is 0 Å². The smallest absolute Gasteiger partial charge is 0.0571 e. The van der Waals surface area contributed by atoms with Crippen LogP contribution in [0.15, 0.2) is 0 Å². The molecule has 13 heavy (non-hydrogen) atoms. The second kappa shape index (κ2) is 4.45. The van der Waals surface area contributed by atoms with Crippen LogP contribution in [0, 0.1) is 11.8 Å². The van der Waals surface area contributed by atoms with Gasteiger partial charge in [-0.15, -0.1) is 0 Å². The first kappa shape index (κ1) is 9.51. The average molecular weight is 182 g/mol. The first-order chi connectivity index (χ1) is 6.38. The van der Waals surface area contributed by atoms with Gasteiger partial charge in [0.1, 0.15) is 0 Å². The lowest BCUT2D eigenvalue weighted by molar-refractivity contribution is 0.0257. The average Bonchev–Trinajstić information content (AvgIpc) is 2.20. The third-order valence-corrected chi connectivity index (χ3v) is 4.04. The monoisotopic (exact) mass is 182 g/mol. The topological polar surface area (TPSA) is 20.2 Å². The van der Waals surface area contributed by atoms with Gasteiger partial charge in [-0.3, -0.25) is 0 Å². The molecule has 1 N–H and O–H groups in total. The maximum Gasteiger partial charge on any atom is 0.0571 e. The maximum absolute atomic E-state index is 9.92. The molecular formula is C12H22O. The molecule has 2 aliphatic rings. The van der Waals surface area contributed by atoms with Crippen LogP contribution in [0.2, 0.25) is 0 Å². The van der Waals surface area contributed by atoms with Crippen molar-refractivity contribution in [1.82, 2.24) is 0 Å². The molecular weight excluding hydrogens is 160 g/mol. The van der Waals surface area contributed by atoms with Gasteiger partial charge in [-0.1, -0.05) is 44.9 Å². The molecule has 0 bridgehead atoms. The van der Waals surface area contributed by atoms with E-state index in [-0.39, 0.29) is 6.10 Å². The van der Waals surface area contributed by atoms with E-state index in [1.807, 2.05) is 0 Å². The molecule has 1 nitrogen and oxygen atoms in total. The highest BCUT2D eigenvalue weighted by molar-refractivity contribution is 4.82. The van der Waals surface area contributed by atoms with Gasteiger partial charge in [-0.05, 0) is 24.7 Å². The molecule has 0 amide bonds. The molecule has 1 unspecified atom stereocenters. The Morgan fingerprint density at radius 2 is 1.31 bits per heavy atom. The predicted molar refractivity (Wildman–Crippen MR) is 54.5 cm³/mol. The second-order valence-electron chi connectivity index (χ2n) is 4.91. The second-order valence-corrected chi connectivity index (χ2v) is 4.91. The van der Waals surface area contributed by atoms with E-state index in [4.69, 9.17) is 0 Å². The van der Waals surface area contributed by atoms with Gasteiger partial charge in [0, 0.05) is 0 Å². The lowest BCUT2D eigenvalue weighted by Gasteiger charge is -2.36. The fourth-order valence-electron chi connectivity index (χ4n) is 3.25. The van der Waals surface area contributed by atoms with Crippen LogP contribution < -0.4 is 0 Å². The summed E-state index contributed by atoms with van der Waals surface area (Å²) in [6, 6.07) is 0. The SMILES string of the molecule is O[C@@H]1CCCCC1C1CCCCC1. The van der Waals surface area contributed by atoms with Crippen molar-refractivity contribution in [3.63, 3.8) is 0 Å². The first-order valence-electron chi connectivity index (χ1n) is 6.06. The fraction of sp³-hybridized carbons (Fsp3) is 1.00. The van der Waals surface area contributed by atoms with Gasteiger partial charge < -0.3 is 5.11 Å². The number of rotatable bonds is 1. The van der Waals surface area contributed by atoms with Crippen molar-refractivity contribution in [3.8, 4) is 0 Å². The minimum absolute atomic E-state index is 0.0387. The zero-order valence-corrected chi connectivity index (χ0v) is 8.54. The molecule has 1 heteroatoms. The van der Waals surface area contributed by atoms with E-state index in [0.29, 0.717) is 5.92 Å². The Balaban J connectivity index is 1.88. The molecule has 0 aromatic heterocycles. The fourth-order valence-corrected chi connectivity index (χ4v) is 3.25. The molecule has 2 fully saturated rings. The first-order valence-corrected chi connectivity index (χ1v) is 6.06. The van der Waals surface area contributed by atoms with Crippen LogP contribution in [0.25, 0.3) is 0 Å². The summed E-state index contributed by atoms with van der Waals surface area (Å²) in [5.41, 5.74) is 0. The third kappa shape index (κ3) is 2.25. The molecule has 0 saturated heterocycles. The quantitative estimate of drug-likeness (QED) is 0.660. The largest absolute Gasteiger partial charge is 0.393 e. The highest BCUT2D eigenvalue weighted by Gasteiger charge is 2.30. The van der Waals surface area contributed by atoms with Crippen LogP contribution in [-0.4, -0.2) is 11.2 Å². The summed E-state index contributed by atoms with van der Waals surface area (Å²) in [5.74, 6) is 1.53. The summed E-state index contributed by atoms with van der Waals surface area (Å²) in [6.07, 6.45) is 12.1. The molecule has 0 spiro atoms. The zero-order chi connectivity index (χ0) is 9.10. The molecule has 76 valence electrons. The Kier molecular flexibility index (Phi) is 3.26. The van der Waals surface area contributed by atoms with Crippen LogP contribution in [-0.2, 0) is 0 Å². The molecule has 2 saturated carbocycles. The molecule has 0 heterocycles. The number of hydrogen-bond donors (Lipinski definition) is 1. The highest BCUT2D eigenvalue weighted by Crippen LogP contribution is 2.38. The van der Waals surface area contributed by atoms with Crippen LogP contribution in [0.3, 0.4) is 0 Å². The van der Waals surface area contributed by atoms with Crippen molar-refractivity contribution in [2.75, 3.05) is 0 Å². The number of aliphatic hydroxyl groups excluding tert-OH is 1. The van der Waals surface area contributed by atoms with Gasteiger partial charge in [-0.2, -0.15) is 0 Å². The molecule has 2 aliphatic carbocycles. The summed E-state index contributed by atoms with van der Waals surface area (Å²) in [7, 11) is 0. The summed E-state index contributed by atoms with van der Waals surface area (Å²) < 4.78 is 0. The summed E-state index contributed by atoms with van der Waals surface area (Å²) in [4.78, 5) is 0. The lowest BCUT2D eigenvalue weighted by Crippen LogP contribution is -2.32. The normalized spacial score (nSPS) is 37.6. The van der Waals surface area contributed by atoms with Gasteiger partial charge in [0.25, 0.3) is 0 Å². The Hall–Kier alpha value is -0.0400. The number of aliphatic hydroxyl groups is 1. The molecule has 2 rings (SSSR count). The van der Waals surface area contributed by atoms with Gasteiger partial charge in [-0.25, -0.2) is 0 Å². The number of hydrogen-bond acceptors (Lipinski definition) is 1. The Bertz CT molecular complexity index is 149. The van der Waals surface area contributed by atoms with Crippen molar-refractivity contribution in [3.05, 3.63) is 0 Å². The van der Waals surface area contributed by atoms with E-state index < -0.39 is 0 Å². The van der Waals surface area contributed by atoms with E-state index in [0.717, 1.165) is 12.3 Å². The standard InChI is InChI=1S/C12H22O/c13-12-9-5-4-8-11(12)10-6-2-1-3-7-10/h10-13H,1-9H2/t11?,12-/m1/s1. The van der Waals surface area contributed by atoms with Crippen LogP contribution in [0.1, 0.15) is 57.8 Å². The van der Waals surface area contributed by atoms with Crippen LogP contribution in [0.5, 0.6) is 0 Å². The van der Waals surface area contributed by atoms with Crippen LogP contribution >= 0.6 is 0 Å². The van der Waals surface area contributed by atoms with Crippen molar-refractivity contribution in [2.45, 2.75) is 63.9 Å². The molecule has 0 aromatic carbocycles.